The molecule has 1 unspecified atom stereocenters. The molecule has 1 atom stereocenters. The molecule has 1 aliphatic rings. The second-order valence-corrected chi connectivity index (χ2v) is 8.85. The zero-order chi connectivity index (χ0) is 24.6. The van der Waals surface area contributed by atoms with E-state index in [4.69, 9.17) is 0 Å². The molecule has 0 spiro atoms. The average Bonchev–Trinajstić information content (AvgIpc) is 2.90. The van der Waals surface area contributed by atoms with E-state index in [1.807, 2.05) is 48.6 Å². The number of anilines is 1. The molecule has 5 aromatic carbocycles. The molecule has 6 rings (SSSR count). The van der Waals surface area contributed by atoms with Crippen LogP contribution >= 0.6 is 0 Å². The van der Waals surface area contributed by atoms with Crippen LogP contribution in [0.25, 0.3) is 27.6 Å². The zero-order valence-corrected chi connectivity index (χ0v) is 19.2. The molecule has 0 aliphatic heterocycles. The fourth-order valence-electron chi connectivity index (χ4n) is 4.78. The Labute approximate surface area is 207 Å². The van der Waals surface area contributed by atoms with E-state index in [0.29, 0.717) is 16.6 Å². The summed E-state index contributed by atoms with van der Waals surface area (Å²) in [5.74, 6) is -0.756. The van der Waals surface area contributed by atoms with Crippen molar-refractivity contribution in [3.8, 4) is 5.75 Å². The van der Waals surface area contributed by atoms with Crippen molar-refractivity contribution in [3.63, 3.8) is 0 Å². The SMILES string of the molecule is O=C(NC1C=Cc2cccc3cccc1c23)c1ccc2cc(O)c(C(=O)Nc3ccccc3)cc2c1. The van der Waals surface area contributed by atoms with Gasteiger partial charge in [0.05, 0.1) is 11.6 Å². The molecule has 3 N–H and O–H groups in total. The normalized spacial score (nSPS) is 14.1. The number of benzene rings is 5. The lowest BCUT2D eigenvalue weighted by atomic mass is 9.90. The quantitative estimate of drug-likeness (QED) is 0.282. The van der Waals surface area contributed by atoms with E-state index >= 15 is 0 Å². The number of aromatic hydroxyl groups is 1. The van der Waals surface area contributed by atoms with Crippen LogP contribution in [0.3, 0.4) is 0 Å². The molecule has 5 nitrogen and oxygen atoms in total. The van der Waals surface area contributed by atoms with E-state index < -0.39 is 5.91 Å². The van der Waals surface area contributed by atoms with Gasteiger partial charge in [-0.2, -0.15) is 0 Å². The lowest BCUT2D eigenvalue weighted by Gasteiger charge is -2.22. The third-order valence-electron chi connectivity index (χ3n) is 6.55. The highest BCUT2D eigenvalue weighted by Gasteiger charge is 2.20. The number of phenols is 1. The predicted molar refractivity (Wildman–Crippen MR) is 143 cm³/mol. The molecule has 2 amide bonds. The first-order chi connectivity index (χ1) is 17.6. The third-order valence-corrected chi connectivity index (χ3v) is 6.55. The van der Waals surface area contributed by atoms with E-state index in [9.17, 15) is 14.7 Å². The number of para-hydroxylation sites is 1. The number of fused-ring (bicyclic) bond motifs is 1. The van der Waals surface area contributed by atoms with Gasteiger partial charge in [-0.05, 0) is 69.1 Å². The molecular weight excluding hydrogens is 448 g/mol. The van der Waals surface area contributed by atoms with E-state index in [0.717, 1.165) is 27.3 Å². The first-order valence-corrected chi connectivity index (χ1v) is 11.7. The maximum atomic E-state index is 13.2. The molecule has 0 fully saturated rings. The van der Waals surface area contributed by atoms with Crippen molar-refractivity contribution < 1.29 is 14.7 Å². The van der Waals surface area contributed by atoms with Gasteiger partial charge in [0.1, 0.15) is 5.75 Å². The van der Waals surface area contributed by atoms with Crippen LogP contribution in [-0.4, -0.2) is 16.9 Å². The number of rotatable bonds is 4. The largest absolute Gasteiger partial charge is 0.507 e. The Morgan fingerprint density at radius 3 is 2.36 bits per heavy atom. The van der Waals surface area contributed by atoms with Crippen LogP contribution in [0.4, 0.5) is 5.69 Å². The van der Waals surface area contributed by atoms with Gasteiger partial charge in [0, 0.05) is 11.3 Å². The maximum Gasteiger partial charge on any atom is 0.259 e. The molecule has 5 aromatic rings. The molecule has 0 aromatic heterocycles. The van der Waals surface area contributed by atoms with Gasteiger partial charge in [-0.3, -0.25) is 9.59 Å². The summed E-state index contributed by atoms with van der Waals surface area (Å²) in [5, 5.41) is 20.1. The Morgan fingerprint density at radius 1 is 0.722 bits per heavy atom. The van der Waals surface area contributed by atoms with Gasteiger partial charge in [-0.25, -0.2) is 0 Å². The van der Waals surface area contributed by atoms with Crippen LogP contribution in [0.1, 0.15) is 37.9 Å². The van der Waals surface area contributed by atoms with Crippen LogP contribution < -0.4 is 10.6 Å². The fraction of sp³-hybridized carbons (Fsp3) is 0.0323. The molecule has 36 heavy (non-hydrogen) atoms. The van der Waals surface area contributed by atoms with Crippen LogP contribution in [0.15, 0.2) is 103 Å². The Kier molecular flexibility index (Phi) is 5.23. The maximum absolute atomic E-state index is 13.2. The summed E-state index contributed by atoms with van der Waals surface area (Å²) in [4.78, 5) is 26.0. The number of carbonyl (C=O) groups excluding carboxylic acids is 2. The Morgan fingerprint density at radius 2 is 1.53 bits per heavy atom. The highest BCUT2D eigenvalue weighted by Crippen LogP contribution is 2.34. The van der Waals surface area contributed by atoms with Crippen molar-refractivity contribution in [1.82, 2.24) is 5.32 Å². The van der Waals surface area contributed by atoms with Crippen LogP contribution in [-0.2, 0) is 0 Å². The van der Waals surface area contributed by atoms with Crippen molar-refractivity contribution in [1.29, 1.82) is 0 Å². The van der Waals surface area contributed by atoms with Crippen molar-refractivity contribution in [2.75, 3.05) is 5.32 Å². The molecule has 174 valence electrons. The number of nitrogens with one attached hydrogen (secondary N) is 2. The van der Waals surface area contributed by atoms with Crippen molar-refractivity contribution in [2.45, 2.75) is 6.04 Å². The summed E-state index contributed by atoms with van der Waals surface area (Å²) in [6.45, 7) is 0. The fourth-order valence-corrected chi connectivity index (χ4v) is 4.78. The van der Waals surface area contributed by atoms with Gasteiger partial charge < -0.3 is 15.7 Å². The molecule has 5 heteroatoms. The minimum atomic E-state index is -0.422. The topological polar surface area (TPSA) is 78.4 Å². The van der Waals surface area contributed by atoms with Crippen molar-refractivity contribution >= 4 is 45.1 Å². The summed E-state index contributed by atoms with van der Waals surface area (Å²) in [5.41, 5.74) is 3.45. The summed E-state index contributed by atoms with van der Waals surface area (Å²) < 4.78 is 0. The summed E-state index contributed by atoms with van der Waals surface area (Å²) in [6, 6.07) is 29.5. The summed E-state index contributed by atoms with van der Waals surface area (Å²) in [6.07, 6.45) is 4.04. The van der Waals surface area contributed by atoms with Crippen LogP contribution in [0.2, 0.25) is 0 Å². The first kappa shape index (κ1) is 21.6. The number of hydrogen-bond donors (Lipinski definition) is 3. The van der Waals surface area contributed by atoms with Gasteiger partial charge in [0.2, 0.25) is 0 Å². The average molecular weight is 471 g/mol. The van der Waals surface area contributed by atoms with E-state index in [2.05, 4.69) is 28.8 Å². The van der Waals surface area contributed by atoms with E-state index in [1.54, 1.807) is 42.5 Å². The smallest absolute Gasteiger partial charge is 0.259 e. The van der Waals surface area contributed by atoms with Crippen molar-refractivity contribution in [3.05, 3.63) is 125 Å². The number of amides is 2. The Hall–Kier alpha value is -4.90. The van der Waals surface area contributed by atoms with E-state index in [-0.39, 0.29) is 23.3 Å². The van der Waals surface area contributed by atoms with Gasteiger partial charge in [0.25, 0.3) is 11.8 Å². The van der Waals surface area contributed by atoms with Gasteiger partial charge in [0.15, 0.2) is 0 Å². The second kappa shape index (κ2) is 8.71. The highest BCUT2D eigenvalue weighted by atomic mass is 16.3. The first-order valence-electron chi connectivity index (χ1n) is 11.7. The molecule has 1 aliphatic carbocycles. The molecule has 0 radical (unpaired) electrons. The lowest BCUT2D eigenvalue weighted by Crippen LogP contribution is -2.28. The minimum Gasteiger partial charge on any atom is -0.507 e. The highest BCUT2D eigenvalue weighted by molar-refractivity contribution is 6.09. The van der Waals surface area contributed by atoms with E-state index in [1.165, 1.54) is 0 Å². The number of hydrogen-bond acceptors (Lipinski definition) is 3. The molecule has 0 saturated carbocycles. The molecule has 0 heterocycles. The summed E-state index contributed by atoms with van der Waals surface area (Å²) in [7, 11) is 0. The lowest BCUT2D eigenvalue weighted by molar-refractivity contribution is 0.0943. The number of phenolic OH excluding ortho intramolecular Hbond substituents is 1. The van der Waals surface area contributed by atoms with Crippen LogP contribution in [0, 0.1) is 0 Å². The Balaban J connectivity index is 1.29. The zero-order valence-electron chi connectivity index (χ0n) is 19.2. The van der Waals surface area contributed by atoms with Crippen molar-refractivity contribution in [2.24, 2.45) is 0 Å². The number of carbonyl (C=O) groups is 2. The van der Waals surface area contributed by atoms with Gasteiger partial charge in [-0.15, -0.1) is 0 Å². The standard InChI is InChI=1S/C31H22N2O3/c34-28-18-21-12-13-22(16-23(21)17-26(28)31(36)32-24-9-2-1-3-10-24)30(35)33-27-15-14-20-7-4-6-19-8-5-11-25(27)29(19)20/h1-18,27,34H,(H,32,36)(H,33,35). The third kappa shape index (κ3) is 3.87. The van der Waals surface area contributed by atoms with Gasteiger partial charge >= 0.3 is 0 Å². The van der Waals surface area contributed by atoms with Crippen LogP contribution in [0.5, 0.6) is 5.75 Å². The minimum absolute atomic E-state index is 0.118. The second-order valence-electron chi connectivity index (χ2n) is 8.85. The van der Waals surface area contributed by atoms with Gasteiger partial charge in [-0.1, -0.05) is 72.8 Å². The Bertz CT molecular complexity index is 1680. The monoisotopic (exact) mass is 470 g/mol. The predicted octanol–water partition coefficient (Wildman–Crippen LogP) is 6.45. The summed E-state index contributed by atoms with van der Waals surface area (Å²) >= 11 is 0. The molecule has 0 bridgehead atoms. The molecular formula is C31H22N2O3. The molecule has 0 saturated heterocycles.